The molecule has 5 nitrogen and oxygen atoms in total. The molecule has 0 spiro atoms. The quantitative estimate of drug-likeness (QED) is 0.741. The molecule has 20 heavy (non-hydrogen) atoms. The van der Waals surface area contributed by atoms with Gasteiger partial charge in [0, 0.05) is 23.5 Å². The summed E-state index contributed by atoms with van der Waals surface area (Å²) in [5.41, 5.74) is 0. The molecule has 0 aliphatic heterocycles. The Labute approximate surface area is 127 Å². The van der Waals surface area contributed by atoms with Crippen molar-refractivity contribution in [2.24, 2.45) is 5.92 Å². The summed E-state index contributed by atoms with van der Waals surface area (Å²) in [5.74, 6) is 0.347. The highest BCUT2D eigenvalue weighted by molar-refractivity contribution is 9.10. The van der Waals surface area contributed by atoms with Crippen LogP contribution in [0.4, 0.5) is 0 Å². The first kappa shape index (κ1) is 16.5. The molecule has 0 heterocycles. The number of benzene rings is 1. The van der Waals surface area contributed by atoms with Crippen LogP contribution < -0.4 is 15.4 Å². The summed E-state index contributed by atoms with van der Waals surface area (Å²) in [6.45, 7) is 4.40. The van der Waals surface area contributed by atoms with Crippen molar-refractivity contribution in [3.05, 3.63) is 28.7 Å². The van der Waals surface area contributed by atoms with Crippen LogP contribution in [0.3, 0.4) is 0 Å². The van der Waals surface area contributed by atoms with Crippen LogP contribution in [0.2, 0.25) is 0 Å². The van der Waals surface area contributed by atoms with Crippen molar-refractivity contribution in [3.8, 4) is 5.75 Å². The molecule has 0 atom stereocenters. The van der Waals surface area contributed by atoms with Gasteiger partial charge < -0.3 is 15.4 Å². The molecular formula is C14H19BrN2O3. The van der Waals surface area contributed by atoms with Gasteiger partial charge in [0.05, 0.1) is 0 Å². The molecule has 0 fully saturated rings. The zero-order valence-corrected chi connectivity index (χ0v) is 13.2. The van der Waals surface area contributed by atoms with Gasteiger partial charge in [-0.25, -0.2) is 0 Å². The Morgan fingerprint density at radius 1 is 1.15 bits per heavy atom. The smallest absolute Gasteiger partial charge is 0.258 e. The van der Waals surface area contributed by atoms with Gasteiger partial charge in [-0.3, -0.25) is 9.59 Å². The van der Waals surface area contributed by atoms with E-state index in [1.54, 1.807) is 12.1 Å². The molecule has 0 saturated heterocycles. The Bertz CT molecular complexity index is 446. The standard InChI is InChI=1S/C14H19BrN2O3/c1-10(2)14(19)17-8-7-16-13(18)9-20-12-5-3-11(15)4-6-12/h3-6,10H,7-9H2,1-2H3,(H,16,18)(H,17,19). The van der Waals surface area contributed by atoms with E-state index in [1.165, 1.54) is 0 Å². The van der Waals surface area contributed by atoms with E-state index >= 15 is 0 Å². The number of hydrogen-bond acceptors (Lipinski definition) is 3. The fourth-order valence-corrected chi connectivity index (χ4v) is 1.59. The minimum Gasteiger partial charge on any atom is -0.484 e. The summed E-state index contributed by atoms with van der Waals surface area (Å²) in [6, 6.07) is 7.24. The first-order valence-corrected chi connectivity index (χ1v) is 7.21. The van der Waals surface area contributed by atoms with Gasteiger partial charge >= 0.3 is 0 Å². The van der Waals surface area contributed by atoms with Gasteiger partial charge in [-0.2, -0.15) is 0 Å². The number of nitrogens with one attached hydrogen (secondary N) is 2. The van der Waals surface area contributed by atoms with Gasteiger partial charge in [-0.15, -0.1) is 0 Å². The number of halogens is 1. The maximum Gasteiger partial charge on any atom is 0.258 e. The lowest BCUT2D eigenvalue weighted by Gasteiger charge is -2.09. The highest BCUT2D eigenvalue weighted by Gasteiger charge is 2.06. The van der Waals surface area contributed by atoms with E-state index in [0.29, 0.717) is 18.8 Å². The Balaban J connectivity index is 2.14. The monoisotopic (exact) mass is 342 g/mol. The maximum atomic E-state index is 11.5. The van der Waals surface area contributed by atoms with Crippen LogP contribution in [-0.4, -0.2) is 31.5 Å². The number of rotatable bonds is 7. The summed E-state index contributed by atoms with van der Waals surface area (Å²) in [7, 11) is 0. The van der Waals surface area contributed by atoms with Crippen LogP contribution in [0, 0.1) is 5.92 Å². The number of carbonyl (C=O) groups excluding carboxylic acids is 2. The summed E-state index contributed by atoms with van der Waals surface area (Å²) in [4.78, 5) is 22.8. The van der Waals surface area contributed by atoms with E-state index in [2.05, 4.69) is 26.6 Å². The molecule has 2 amide bonds. The van der Waals surface area contributed by atoms with Gasteiger partial charge in [0.15, 0.2) is 6.61 Å². The lowest BCUT2D eigenvalue weighted by molar-refractivity contribution is -0.125. The average molecular weight is 343 g/mol. The third kappa shape index (κ3) is 6.56. The fraction of sp³-hybridized carbons (Fsp3) is 0.429. The van der Waals surface area contributed by atoms with Crippen molar-refractivity contribution < 1.29 is 14.3 Å². The third-order valence-corrected chi connectivity index (χ3v) is 2.98. The number of hydrogen-bond donors (Lipinski definition) is 2. The second-order valence-corrected chi connectivity index (χ2v) is 5.45. The molecule has 1 aromatic rings. The molecule has 6 heteroatoms. The van der Waals surface area contributed by atoms with E-state index in [1.807, 2.05) is 26.0 Å². The predicted octanol–water partition coefficient (Wildman–Crippen LogP) is 1.72. The second-order valence-electron chi connectivity index (χ2n) is 4.54. The first-order chi connectivity index (χ1) is 9.49. The summed E-state index contributed by atoms with van der Waals surface area (Å²) in [6.07, 6.45) is 0. The Morgan fingerprint density at radius 2 is 1.75 bits per heavy atom. The van der Waals surface area contributed by atoms with Gasteiger partial charge in [-0.1, -0.05) is 29.8 Å². The normalized spacial score (nSPS) is 10.2. The van der Waals surface area contributed by atoms with Crippen LogP contribution in [0.5, 0.6) is 5.75 Å². The zero-order chi connectivity index (χ0) is 15.0. The molecule has 0 radical (unpaired) electrons. The largest absolute Gasteiger partial charge is 0.484 e. The predicted molar refractivity (Wildman–Crippen MR) is 80.5 cm³/mol. The van der Waals surface area contributed by atoms with E-state index < -0.39 is 0 Å². The molecular weight excluding hydrogens is 324 g/mol. The van der Waals surface area contributed by atoms with Crippen LogP contribution in [0.15, 0.2) is 28.7 Å². The van der Waals surface area contributed by atoms with Crippen molar-refractivity contribution >= 4 is 27.7 Å². The molecule has 0 bridgehead atoms. The molecule has 1 aromatic carbocycles. The Morgan fingerprint density at radius 3 is 2.35 bits per heavy atom. The van der Waals surface area contributed by atoms with Crippen LogP contribution >= 0.6 is 15.9 Å². The van der Waals surface area contributed by atoms with Crippen LogP contribution in [-0.2, 0) is 9.59 Å². The van der Waals surface area contributed by atoms with Gasteiger partial charge in [-0.05, 0) is 24.3 Å². The molecule has 110 valence electrons. The number of amides is 2. The number of ether oxygens (including phenoxy) is 1. The van der Waals surface area contributed by atoms with Gasteiger partial charge in [0.2, 0.25) is 5.91 Å². The fourth-order valence-electron chi connectivity index (χ4n) is 1.32. The van der Waals surface area contributed by atoms with Gasteiger partial charge in [0.25, 0.3) is 5.91 Å². The second kappa shape index (κ2) is 8.58. The Hall–Kier alpha value is -1.56. The molecule has 0 unspecified atom stereocenters. The van der Waals surface area contributed by atoms with E-state index in [9.17, 15) is 9.59 Å². The SMILES string of the molecule is CC(C)C(=O)NCCNC(=O)COc1ccc(Br)cc1. The molecule has 0 aliphatic rings. The molecule has 2 N–H and O–H groups in total. The van der Waals surface area contributed by atoms with Crippen LogP contribution in [0.25, 0.3) is 0 Å². The minimum absolute atomic E-state index is 0.0228. The van der Waals surface area contributed by atoms with Crippen molar-refractivity contribution in [2.45, 2.75) is 13.8 Å². The minimum atomic E-state index is -0.216. The molecule has 1 rings (SSSR count). The van der Waals surface area contributed by atoms with Crippen molar-refractivity contribution in [3.63, 3.8) is 0 Å². The number of carbonyl (C=O) groups is 2. The summed E-state index contributed by atoms with van der Waals surface area (Å²) < 4.78 is 6.27. The lowest BCUT2D eigenvalue weighted by atomic mass is 10.2. The summed E-state index contributed by atoms with van der Waals surface area (Å²) >= 11 is 3.32. The molecule has 0 aromatic heterocycles. The van der Waals surface area contributed by atoms with Crippen molar-refractivity contribution in [1.82, 2.24) is 10.6 Å². The molecule has 0 saturated carbocycles. The highest BCUT2D eigenvalue weighted by Crippen LogP contribution is 2.15. The van der Waals surface area contributed by atoms with E-state index in [4.69, 9.17) is 4.74 Å². The highest BCUT2D eigenvalue weighted by atomic mass is 79.9. The van der Waals surface area contributed by atoms with Crippen molar-refractivity contribution in [1.29, 1.82) is 0 Å². The lowest BCUT2D eigenvalue weighted by Crippen LogP contribution is -2.38. The maximum absolute atomic E-state index is 11.5. The van der Waals surface area contributed by atoms with Gasteiger partial charge in [0.1, 0.15) is 5.75 Å². The topological polar surface area (TPSA) is 67.4 Å². The average Bonchev–Trinajstić information content (AvgIpc) is 2.42. The van der Waals surface area contributed by atoms with Crippen molar-refractivity contribution in [2.75, 3.05) is 19.7 Å². The summed E-state index contributed by atoms with van der Waals surface area (Å²) in [5, 5.41) is 5.39. The Kier molecular flexibility index (Phi) is 7.08. The zero-order valence-electron chi connectivity index (χ0n) is 11.6. The first-order valence-electron chi connectivity index (χ1n) is 6.42. The van der Waals surface area contributed by atoms with E-state index in [0.717, 1.165) is 4.47 Å². The van der Waals surface area contributed by atoms with E-state index in [-0.39, 0.29) is 24.3 Å². The van der Waals surface area contributed by atoms with Crippen LogP contribution in [0.1, 0.15) is 13.8 Å². The third-order valence-electron chi connectivity index (χ3n) is 2.45. The molecule has 0 aliphatic carbocycles.